The first kappa shape index (κ1) is 21.4. The van der Waals surface area contributed by atoms with Gasteiger partial charge in [-0.05, 0) is 59.6 Å². The first-order valence-electron chi connectivity index (χ1n) is 8.27. The molecule has 0 fully saturated rings. The van der Waals surface area contributed by atoms with Gasteiger partial charge in [0.1, 0.15) is 5.60 Å². The van der Waals surface area contributed by atoms with Crippen LogP contribution in [-0.2, 0) is 14.8 Å². The molecular weight excluding hydrogens is 340 g/mol. The standard InChI is InChI=1S/C18H30N2O4S/c1-12-9-13(2)16(14(3)10-12)25(22,23)20(8)11-15(4)19-17(21)24-18(5,6)7/h9-10,15H,11H2,1-8H3,(H,19,21)/t15-/m1/s1. The van der Waals surface area contributed by atoms with Crippen molar-refractivity contribution in [2.24, 2.45) is 0 Å². The van der Waals surface area contributed by atoms with E-state index in [0.29, 0.717) is 4.90 Å². The number of benzene rings is 1. The van der Waals surface area contributed by atoms with Crippen LogP contribution in [0.2, 0.25) is 0 Å². The summed E-state index contributed by atoms with van der Waals surface area (Å²) in [6.45, 7) is 12.7. The molecular formula is C18H30N2O4S. The maximum Gasteiger partial charge on any atom is 0.407 e. The molecule has 7 heteroatoms. The third kappa shape index (κ3) is 6.01. The average molecular weight is 371 g/mol. The Morgan fingerprint density at radius 3 is 2.12 bits per heavy atom. The Morgan fingerprint density at radius 2 is 1.68 bits per heavy atom. The zero-order valence-electron chi connectivity index (χ0n) is 16.4. The van der Waals surface area contributed by atoms with E-state index >= 15 is 0 Å². The van der Waals surface area contributed by atoms with Crippen LogP contribution in [0.4, 0.5) is 4.79 Å². The van der Waals surface area contributed by atoms with Gasteiger partial charge >= 0.3 is 6.09 Å². The van der Waals surface area contributed by atoms with Gasteiger partial charge in [0, 0.05) is 19.6 Å². The molecule has 0 aliphatic rings. The fraction of sp³-hybridized carbons (Fsp3) is 0.611. The van der Waals surface area contributed by atoms with Crippen LogP contribution < -0.4 is 5.32 Å². The lowest BCUT2D eigenvalue weighted by atomic mass is 10.1. The number of nitrogens with zero attached hydrogens (tertiary/aromatic N) is 1. The highest BCUT2D eigenvalue weighted by atomic mass is 32.2. The molecule has 0 unspecified atom stereocenters. The largest absolute Gasteiger partial charge is 0.444 e. The number of amides is 1. The minimum absolute atomic E-state index is 0.147. The van der Waals surface area contributed by atoms with Gasteiger partial charge in [-0.25, -0.2) is 13.2 Å². The van der Waals surface area contributed by atoms with Crippen LogP contribution in [0.15, 0.2) is 17.0 Å². The lowest BCUT2D eigenvalue weighted by Crippen LogP contribution is -2.44. The van der Waals surface area contributed by atoms with Crippen LogP contribution in [0.3, 0.4) is 0 Å². The third-order valence-corrected chi connectivity index (χ3v) is 5.70. The summed E-state index contributed by atoms with van der Waals surface area (Å²) in [5.41, 5.74) is 1.86. The molecule has 1 aromatic carbocycles. The van der Waals surface area contributed by atoms with Crippen molar-refractivity contribution in [1.82, 2.24) is 9.62 Å². The summed E-state index contributed by atoms with van der Waals surface area (Å²) in [6.07, 6.45) is -0.562. The van der Waals surface area contributed by atoms with Crippen molar-refractivity contribution in [3.8, 4) is 0 Å². The number of aryl methyl sites for hydroxylation is 3. The van der Waals surface area contributed by atoms with Crippen LogP contribution in [0, 0.1) is 20.8 Å². The summed E-state index contributed by atoms with van der Waals surface area (Å²) < 4.78 is 32.3. The van der Waals surface area contributed by atoms with Gasteiger partial charge < -0.3 is 10.1 Å². The highest BCUT2D eigenvalue weighted by molar-refractivity contribution is 7.89. The van der Waals surface area contributed by atoms with Gasteiger partial charge in [0.05, 0.1) is 4.90 Å². The first-order chi connectivity index (χ1) is 11.2. The number of carbonyl (C=O) groups is 1. The molecule has 0 bridgehead atoms. The van der Waals surface area contributed by atoms with Crippen LogP contribution >= 0.6 is 0 Å². The molecule has 1 rings (SSSR count). The summed E-state index contributed by atoms with van der Waals surface area (Å²) in [4.78, 5) is 12.1. The normalized spacial score (nSPS) is 13.6. The zero-order chi connectivity index (χ0) is 19.6. The summed E-state index contributed by atoms with van der Waals surface area (Å²) in [7, 11) is -2.13. The van der Waals surface area contributed by atoms with E-state index in [9.17, 15) is 13.2 Å². The van der Waals surface area contributed by atoms with E-state index in [2.05, 4.69) is 5.32 Å². The second-order valence-electron chi connectivity index (χ2n) is 7.56. The van der Waals surface area contributed by atoms with E-state index in [0.717, 1.165) is 16.7 Å². The van der Waals surface area contributed by atoms with Gasteiger partial charge in [0.2, 0.25) is 10.0 Å². The number of likely N-dealkylation sites (N-methyl/N-ethyl adjacent to an activating group) is 1. The Morgan fingerprint density at radius 1 is 1.20 bits per heavy atom. The Labute approximate surface area is 151 Å². The van der Waals surface area contributed by atoms with Crippen molar-refractivity contribution in [1.29, 1.82) is 0 Å². The number of rotatable bonds is 5. The maximum atomic E-state index is 12.9. The fourth-order valence-electron chi connectivity index (χ4n) is 2.77. The monoisotopic (exact) mass is 370 g/mol. The Bertz CT molecular complexity index is 713. The molecule has 1 amide bonds. The molecule has 25 heavy (non-hydrogen) atoms. The van der Waals surface area contributed by atoms with Gasteiger partial charge in [-0.15, -0.1) is 0 Å². The lowest BCUT2D eigenvalue weighted by Gasteiger charge is -2.25. The molecule has 0 aromatic heterocycles. The van der Waals surface area contributed by atoms with E-state index in [-0.39, 0.29) is 12.6 Å². The molecule has 142 valence electrons. The van der Waals surface area contributed by atoms with E-state index in [1.807, 2.05) is 19.1 Å². The van der Waals surface area contributed by atoms with E-state index in [4.69, 9.17) is 4.74 Å². The van der Waals surface area contributed by atoms with Crippen molar-refractivity contribution < 1.29 is 17.9 Å². The van der Waals surface area contributed by atoms with Crippen LogP contribution in [0.1, 0.15) is 44.4 Å². The number of sulfonamides is 1. The van der Waals surface area contributed by atoms with Gasteiger partial charge in [-0.1, -0.05) is 17.7 Å². The first-order valence-corrected chi connectivity index (χ1v) is 9.71. The number of hydrogen-bond donors (Lipinski definition) is 1. The molecule has 0 spiro atoms. The van der Waals surface area contributed by atoms with E-state index in [1.54, 1.807) is 41.5 Å². The average Bonchev–Trinajstić information content (AvgIpc) is 2.33. The van der Waals surface area contributed by atoms with Crippen molar-refractivity contribution in [2.45, 2.75) is 65.0 Å². The highest BCUT2D eigenvalue weighted by Crippen LogP contribution is 2.24. The predicted molar refractivity (Wildman–Crippen MR) is 99.3 cm³/mol. The van der Waals surface area contributed by atoms with Crippen molar-refractivity contribution >= 4 is 16.1 Å². The molecule has 1 aromatic rings. The number of carbonyl (C=O) groups excluding carboxylic acids is 1. The number of ether oxygens (including phenoxy) is 1. The molecule has 1 N–H and O–H groups in total. The Kier molecular flexibility index (Phi) is 6.64. The van der Waals surface area contributed by atoms with Gasteiger partial charge in [-0.3, -0.25) is 0 Å². The van der Waals surface area contributed by atoms with Crippen LogP contribution in [-0.4, -0.2) is 44.1 Å². The van der Waals surface area contributed by atoms with Crippen molar-refractivity contribution in [3.63, 3.8) is 0 Å². The zero-order valence-corrected chi connectivity index (χ0v) is 17.2. The smallest absolute Gasteiger partial charge is 0.407 e. The minimum Gasteiger partial charge on any atom is -0.444 e. The quantitative estimate of drug-likeness (QED) is 0.864. The molecule has 0 heterocycles. The topological polar surface area (TPSA) is 75.7 Å². The molecule has 0 aliphatic heterocycles. The predicted octanol–water partition coefficient (Wildman–Crippen LogP) is 3.15. The fourth-order valence-corrected chi connectivity index (χ4v) is 4.43. The minimum atomic E-state index is -3.64. The molecule has 0 saturated heterocycles. The molecule has 0 saturated carbocycles. The Balaban J connectivity index is 2.89. The maximum absolute atomic E-state index is 12.9. The van der Waals surface area contributed by atoms with Crippen molar-refractivity contribution in [2.75, 3.05) is 13.6 Å². The lowest BCUT2D eigenvalue weighted by molar-refractivity contribution is 0.0504. The van der Waals surface area contributed by atoms with Crippen LogP contribution in [0.25, 0.3) is 0 Å². The molecule has 1 atom stereocenters. The summed E-state index contributed by atoms with van der Waals surface area (Å²) >= 11 is 0. The molecule has 6 nitrogen and oxygen atoms in total. The van der Waals surface area contributed by atoms with Gasteiger partial charge in [0.15, 0.2) is 0 Å². The molecule has 0 radical (unpaired) electrons. The van der Waals surface area contributed by atoms with Gasteiger partial charge in [0.25, 0.3) is 0 Å². The Hall–Kier alpha value is -1.60. The van der Waals surface area contributed by atoms with Crippen molar-refractivity contribution in [3.05, 3.63) is 28.8 Å². The van der Waals surface area contributed by atoms with Crippen LogP contribution in [0.5, 0.6) is 0 Å². The third-order valence-electron chi connectivity index (χ3n) is 3.57. The number of nitrogens with one attached hydrogen (secondary N) is 1. The SMILES string of the molecule is Cc1cc(C)c(S(=O)(=O)N(C)C[C@@H](C)NC(=O)OC(C)(C)C)c(C)c1. The van der Waals surface area contributed by atoms with E-state index < -0.39 is 21.7 Å². The van der Waals surface area contributed by atoms with Gasteiger partial charge in [-0.2, -0.15) is 4.31 Å². The summed E-state index contributed by atoms with van der Waals surface area (Å²) in [5, 5.41) is 2.66. The summed E-state index contributed by atoms with van der Waals surface area (Å²) in [5.74, 6) is 0. The second-order valence-corrected chi connectivity index (χ2v) is 9.54. The summed E-state index contributed by atoms with van der Waals surface area (Å²) in [6, 6.07) is 3.33. The molecule has 0 aliphatic carbocycles. The number of hydrogen-bond acceptors (Lipinski definition) is 4. The highest BCUT2D eigenvalue weighted by Gasteiger charge is 2.27. The second kappa shape index (κ2) is 7.74. The van der Waals surface area contributed by atoms with E-state index in [1.165, 1.54) is 11.4 Å². The number of alkyl carbamates (subject to hydrolysis) is 1.